The van der Waals surface area contributed by atoms with Gasteiger partial charge in [0.15, 0.2) is 0 Å². The number of carbonyl (C=O) groups excluding carboxylic acids is 1. The molecule has 2 unspecified atom stereocenters. The highest BCUT2D eigenvalue weighted by molar-refractivity contribution is 5.67. The summed E-state index contributed by atoms with van der Waals surface area (Å²) in [7, 11) is 1.76. The first-order valence-electron chi connectivity index (χ1n) is 6.71. The molecule has 106 valence electrons. The Morgan fingerprint density at radius 1 is 1.44 bits per heavy atom. The van der Waals surface area contributed by atoms with Crippen LogP contribution in [-0.2, 0) is 4.74 Å². The Morgan fingerprint density at radius 3 is 2.61 bits per heavy atom. The number of nitrogens with two attached hydrogens (primary N) is 1. The van der Waals surface area contributed by atoms with Crippen LogP contribution in [0, 0.1) is 0 Å². The van der Waals surface area contributed by atoms with Crippen molar-refractivity contribution in [2.45, 2.75) is 57.7 Å². The van der Waals surface area contributed by atoms with E-state index in [-0.39, 0.29) is 6.09 Å². The first-order valence-corrected chi connectivity index (χ1v) is 6.71. The van der Waals surface area contributed by atoms with Gasteiger partial charge >= 0.3 is 6.09 Å². The lowest BCUT2D eigenvalue weighted by Crippen LogP contribution is -2.40. The molecule has 0 heterocycles. The van der Waals surface area contributed by atoms with Gasteiger partial charge < -0.3 is 20.7 Å². The molecule has 0 aromatic rings. The molecule has 1 saturated carbocycles. The Balaban J connectivity index is 2.16. The number of hydrogen-bond acceptors (Lipinski definition) is 4. The lowest BCUT2D eigenvalue weighted by molar-refractivity contribution is 0.0299. The zero-order chi connectivity index (χ0) is 13.8. The van der Waals surface area contributed by atoms with Crippen molar-refractivity contribution in [2.24, 2.45) is 5.73 Å². The highest BCUT2D eigenvalue weighted by atomic mass is 16.6. The minimum Gasteiger partial charge on any atom is -0.444 e. The van der Waals surface area contributed by atoms with E-state index < -0.39 is 5.60 Å². The summed E-state index contributed by atoms with van der Waals surface area (Å²) in [5.74, 6) is 0. The van der Waals surface area contributed by atoms with Crippen LogP contribution in [0.4, 0.5) is 4.79 Å². The van der Waals surface area contributed by atoms with Gasteiger partial charge in [0.1, 0.15) is 5.60 Å². The van der Waals surface area contributed by atoms with Gasteiger partial charge in [0.05, 0.1) is 0 Å². The van der Waals surface area contributed by atoms with E-state index in [9.17, 15) is 4.79 Å². The quantitative estimate of drug-likeness (QED) is 0.797. The SMILES string of the molecule is CN(CCNC1CCC(N)C1)C(=O)OC(C)(C)C. The number of rotatable bonds is 4. The molecule has 18 heavy (non-hydrogen) atoms. The van der Waals surface area contributed by atoms with Crippen molar-refractivity contribution < 1.29 is 9.53 Å². The molecule has 2 atom stereocenters. The van der Waals surface area contributed by atoms with Crippen LogP contribution in [0.2, 0.25) is 0 Å². The van der Waals surface area contributed by atoms with E-state index in [1.807, 2.05) is 20.8 Å². The largest absolute Gasteiger partial charge is 0.444 e. The number of amides is 1. The minimum absolute atomic E-state index is 0.271. The summed E-state index contributed by atoms with van der Waals surface area (Å²) < 4.78 is 5.28. The predicted molar refractivity (Wildman–Crippen MR) is 72.5 cm³/mol. The van der Waals surface area contributed by atoms with Gasteiger partial charge in [-0.05, 0) is 40.0 Å². The van der Waals surface area contributed by atoms with E-state index in [4.69, 9.17) is 10.5 Å². The van der Waals surface area contributed by atoms with Crippen molar-refractivity contribution in [2.75, 3.05) is 20.1 Å². The van der Waals surface area contributed by atoms with Crippen LogP contribution >= 0.6 is 0 Å². The maximum Gasteiger partial charge on any atom is 0.410 e. The Morgan fingerprint density at radius 2 is 2.11 bits per heavy atom. The molecule has 1 aliphatic carbocycles. The van der Waals surface area contributed by atoms with E-state index in [0.29, 0.717) is 18.6 Å². The lowest BCUT2D eigenvalue weighted by Gasteiger charge is -2.25. The third kappa shape index (κ3) is 5.69. The third-order valence-electron chi connectivity index (χ3n) is 3.06. The molecule has 0 saturated heterocycles. The molecule has 0 bridgehead atoms. The molecule has 3 N–H and O–H groups in total. The van der Waals surface area contributed by atoms with E-state index >= 15 is 0 Å². The third-order valence-corrected chi connectivity index (χ3v) is 3.06. The molecule has 1 fully saturated rings. The summed E-state index contributed by atoms with van der Waals surface area (Å²) in [6.07, 6.45) is 3.00. The fraction of sp³-hybridized carbons (Fsp3) is 0.923. The highest BCUT2D eigenvalue weighted by Crippen LogP contribution is 2.16. The van der Waals surface area contributed by atoms with Crippen molar-refractivity contribution in [3.63, 3.8) is 0 Å². The van der Waals surface area contributed by atoms with Gasteiger partial charge in [0, 0.05) is 32.2 Å². The van der Waals surface area contributed by atoms with E-state index in [1.54, 1.807) is 11.9 Å². The molecule has 0 aromatic heterocycles. The number of hydrogen-bond donors (Lipinski definition) is 2. The van der Waals surface area contributed by atoms with Gasteiger partial charge in [0.25, 0.3) is 0 Å². The maximum absolute atomic E-state index is 11.7. The molecule has 0 aromatic carbocycles. The van der Waals surface area contributed by atoms with Gasteiger partial charge in [-0.25, -0.2) is 4.79 Å². The summed E-state index contributed by atoms with van der Waals surface area (Å²) >= 11 is 0. The lowest BCUT2D eigenvalue weighted by atomic mass is 10.2. The molecule has 5 heteroatoms. The summed E-state index contributed by atoms with van der Waals surface area (Å²) in [6.45, 7) is 7.05. The van der Waals surface area contributed by atoms with Crippen LogP contribution in [0.15, 0.2) is 0 Å². The molecule has 1 amide bonds. The zero-order valence-electron chi connectivity index (χ0n) is 12.0. The topological polar surface area (TPSA) is 67.6 Å². The molecule has 1 rings (SSSR count). The highest BCUT2D eigenvalue weighted by Gasteiger charge is 2.22. The summed E-state index contributed by atoms with van der Waals surface area (Å²) in [5, 5.41) is 3.43. The van der Waals surface area contributed by atoms with Crippen LogP contribution in [0.25, 0.3) is 0 Å². The smallest absolute Gasteiger partial charge is 0.410 e. The molecule has 1 aliphatic rings. The Hall–Kier alpha value is -0.810. The molecule has 0 radical (unpaired) electrons. The van der Waals surface area contributed by atoms with Gasteiger partial charge in [-0.2, -0.15) is 0 Å². The fourth-order valence-corrected chi connectivity index (χ4v) is 2.07. The minimum atomic E-state index is -0.434. The summed E-state index contributed by atoms with van der Waals surface area (Å²) in [4.78, 5) is 13.3. The van der Waals surface area contributed by atoms with E-state index in [2.05, 4.69) is 5.32 Å². The normalized spacial score (nSPS) is 24.1. The molecule has 0 spiro atoms. The summed E-state index contributed by atoms with van der Waals surface area (Å²) in [5.41, 5.74) is 5.42. The van der Waals surface area contributed by atoms with Crippen molar-refractivity contribution >= 4 is 6.09 Å². The van der Waals surface area contributed by atoms with Gasteiger partial charge in [-0.3, -0.25) is 0 Å². The number of carbonyl (C=O) groups is 1. The Labute approximate surface area is 110 Å². The fourth-order valence-electron chi connectivity index (χ4n) is 2.07. The Bertz CT molecular complexity index is 276. The number of nitrogens with one attached hydrogen (secondary N) is 1. The van der Waals surface area contributed by atoms with Crippen molar-refractivity contribution in [3.05, 3.63) is 0 Å². The first kappa shape index (κ1) is 15.2. The van der Waals surface area contributed by atoms with Crippen LogP contribution in [0.1, 0.15) is 40.0 Å². The molecular weight excluding hydrogens is 230 g/mol. The molecule has 0 aliphatic heterocycles. The van der Waals surface area contributed by atoms with Crippen LogP contribution in [0.5, 0.6) is 0 Å². The second-order valence-corrected chi connectivity index (χ2v) is 6.13. The Kier molecular flexibility index (Phi) is 5.41. The second kappa shape index (κ2) is 6.38. The van der Waals surface area contributed by atoms with E-state index in [0.717, 1.165) is 25.8 Å². The number of nitrogens with zero attached hydrogens (tertiary/aromatic N) is 1. The zero-order valence-corrected chi connectivity index (χ0v) is 12.0. The van der Waals surface area contributed by atoms with Crippen molar-refractivity contribution in [3.8, 4) is 0 Å². The van der Waals surface area contributed by atoms with Crippen molar-refractivity contribution in [1.82, 2.24) is 10.2 Å². The number of ether oxygens (including phenoxy) is 1. The summed E-state index contributed by atoms with van der Waals surface area (Å²) in [6, 6.07) is 0.845. The van der Waals surface area contributed by atoms with E-state index in [1.165, 1.54) is 0 Å². The predicted octanol–water partition coefficient (Wildman–Crippen LogP) is 1.32. The maximum atomic E-state index is 11.7. The van der Waals surface area contributed by atoms with Crippen LogP contribution in [-0.4, -0.2) is 48.8 Å². The molecule has 5 nitrogen and oxygen atoms in total. The second-order valence-electron chi connectivity index (χ2n) is 6.13. The van der Waals surface area contributed by atoms with Crippen molar-refractivity contribution in [1.29, 1.82) is 0 Å². The van der Waals surface area contributed by atoms with Gasteiger partial charge in [0.2, 0.25) is 0 Å². The van der Waals surface area contributed by atoms with Gasteiger partial charge in [-0.15, -0.1) is 0 Å². The average molecular weight is 257 g/mol. The first-order chi connectivity index (χ1) is 8.28. The standard InChI is InChI=1S/C13H27N3O2/c1-13(2,3)18-12(17)16(4)8-7-15-11-6-5-10(14)9-11/h10-11,15H,5-9,14H2,1-4H3. The van der Waals surface area contributed by atoms with Crippen LogP contribution < -0.4 is 11.1 Å². The average Bonchev–Trinajstić information content (AvgIpc) is 2.61. The monoisotopic (exact) mass is 257 g/mol. The van der Waals surface area contributed by atoms with Gasteiger partial charge in [-0.1, -0.05) is 0 Å². The molecular formula is C13H27N3O2. The number of likely N-dealkylation sites (N-methyl/N-ethyl adjacent to an activating group) is 1. The van der Waals surface area contributed by atoms with Crippen LogP contribution in [0.3, 0.4) is 0 Å².